The normalized spacial score (nSPS) is 19.7. The van der Waals surface area contributed by atoms with Crippen molar-refractivity contribution in [3.8, 4) is 0 Å². The first kappa shape index (κ1) is 19.7. The van der Waals surface area contributed by atoms with Gasteiger partial charge in [0.2, 0.25) is 0 Å². The van der Waals surface area contributed by atoms with Crippen molar-refractivity contribution in [2.75, 3.05) is 19.6 Å². The van der Waals surface area contributed by atoms with E-state index in [0.29, 0.717) is 12.1 Å². The fourth-order valence-electron chi connectivity index (χ4n) is 4.75. The number of carbonyl (C=O) groups excluding carboxylic acids is 1. The zero-order valence-corrected chi connectivity index (χ0v) is 17.5. The molecule has 0 unspecified atom stereocenters. The van der Waals surface area contributed by atoms with E-state index in [2.05, 4.69) is 17.1 Å². The fraction of sp³-hybridized carbons (Fsp3) is 0.565. The van der Waals surface area contributed by atoms with Crippen molar-refractivity contribution >= 4 is 28.4 Å². The van der Waals surface area contributed by atoms with Crippen LogP contribution in [-0.2, 0) is 12.8 Å². The lowest BCUT2D eigenvalue weighted by atomic mass is 10.00. The van der Waals surface area contributed by atoms with Gasteiger partial charge in [0.05, 0.1) is 10.5 Å². The molecular formula is C23H30ClN3O. The second-order valence-corrected chi connectivity index (χ2v) is 8.52. The molecule has 4 rings (SSSR count). The second-order valence-electron chi connectivity index (χ2n) is 8.14. The number of aromatic nitrogens is 1. The number of hydrogen-bond donors (Lipinski definition) is 1. The number of halogens is 1. The number of benzene rings is 1. The molecule has 1 aliphatic carbocycles. The minimum atomic E-state index is -0.0222. The summed E-state index contributed by atoms with van der Waals surface area (Å²) in [6, 6.07) is 6.41. The molecule has 1 N–H and O–H groups in total. The summed E-state index contributed by atoms with van der Waals surface area (Å²) < 4.78 is 0. The largest absolute Gasteiger partial charge is 0.352 e. The van der Waals surface area contributed by atoms with Crippen LogP contribution in [0.1, 0.15) is 67.1 Å². The Kier molecular flexibility index (Phi) is 6.17. The number of hydrogen-bond acceptors (Lipinski definition) is 3. The van der Waals surface area contributed by atoms with Gasteiger partial charge >= 0.3 is 0 Å². The van der Waals surface area contributed by atoms with Crippen LogP contribution in [0.4, 0.5) is 0 Å². The Balaban J connectivity index is 1.36. The van der Waals surface area contributed by atoms with Crippen molar-refractivity contribution in [3.05, 3.63) is 40.0 Å². The summed E-state index contributed by atoms with van der Waals surface area (Å²) in [6.07, 6.45) is 9.30. The average Bonchev–Trinajstić information content (AvgIpc) is 3.20. The zero-order valence-electron chi connectivity index (χ0n) is 16.8. The molecule has 1 saturated heterocycles. The molecular weight excluding hydrogens is 370 g/mol. The van der Waals surface area contributed by atoms with Crippen LogP contribution in [-0.4, -0.2) is 41.5 Å². The van der Waals surface area contributed by atoms with Crippen LogP contribution in [0, 0.1) is 0 Å². The van der Waals surface area contributed by atoms with Gasteiger partial charge in [-0.15, -0.1) is 0 Å². The number of pyridine rings is 1. The van der Waals surface area contributed by atoms with Crippen molar-refractivity contribution in [2.24, 2.45) is 0 Å². The fourth-order valence-corrected chi connectivity index (χ4v) is 5.11. The average molecular weight is 400 g/mol. The van der Waals surface area contributed by atoms with Crippen LogP contribution in [0.2, 0.25) is 5.02 Å². The van der Waals surface area contributed by atoms with E-state index in [1.165, 1.54) is 37.8 Å². The summed E-state index contributed by atoms with van der Waals surface area (Å²) >= 11 is 6.57. The molecule has 2 aliphatic rings. The molecule has 1 fully saturated rings. The summed E-state index contributed by atoms with van der Waals surface area (Å²) in [6.45, 7) is 5.26. The highest BCUT2D eigenvalue weighted by molar-refractivity contribution is 6.36. The zero-order chi connectivity index (χ0) is 19.5. The van der Waals surface area contributed by atoms with Gasteiger partial charge in [0.15, 0.2) is 0 Å². The van der Waals surface area contributed by atoms with Gasteiger partial charge in [0, 0.05) is 35.8 Å². The van der Waals surface area contributed by atoms with Gasteiger partial charge in [-0.05, 0) is 69.2 Å². The first-order valence-corrected chi connectivity index (χ1v) is 11.2. The maximum atomic E-state index is 12.6. The van der Waals surface area contributed by atoms with E-state index in [9.17, 15) is 4.79 Å². The van der Waals surface area contributed by atoms with Gasteiger partial charge in [-0.2, -0.15) is 0 Å². The lowest BCUT2D eigenvalue weighted by Crippen LogP contribution is -2.40. The molecule has 1 amide bonds. The number of rotatable bonds is 6. The van der Waals surface area contributed by atoms with E-state index in [1.807, 2.05) is 18.2 Å². The molecule has 0 spiro atoms. The minimum absolute atomic E-state index is 0.0222. The SMILES string of the molecule is CC[C@H]1CCCCN1CCCNC(=O)c1ccc2c(Cl)c3c(nc2c1)CCC3. The lowest BCUT2D eigenvalue weighted by molar-refractivity contribution is 0.0947. The summed E-state index contributed by atoms with van der Waals surface area (Å²) in [5, 5.41) is 4.85. The molecule has 1 aliphatic heterocycles. The highest BCUT2D eigenvalue weighted by atomic mass is 35.5. The minimum Gasteiger partial charge on any atom is -0.352 e. The highest BCUT2D eigenvalue weighted by Gasteiger charge is 2.21. The Morgan fingerprint density at radius 1 is 1.29 bits per heavy atom. The highest BCUT2D eigenvalue weighted by Crippen LogP contribution is 2.33. The van der Waals surface area contributed by atoms with E-state index in [1.54, 1.807) is 0 Å². The van der Waals surface area contributed by atoms with Crippen molar-refractivity contribution in [2.45, 2.75) is 64.3 Å². The van der Waals surface area contributed by atoms with Crippen molar-refractivity contribution in [3.63, 3.8) is 0 Å². The maximum Gasteiger partial charge on any atom is 0.251 e. The Hall–Kier alpha value is -1.65. The molecule has 0 bridgehead atoms. The second kappa shape index (κ2) is 8.79. The van der Waals surface area contributed by atoms with Crippen molar-refractivity contribution < 1.29 is 4.79 Å². The van der Waals surface area contributed by atoms with E-state index in [-0.39, 0.29) is 5.91 Å². The van der Waals surface area contributed by atoms with Crippen molar-refractivity contribution in [1.29, 1.82) is 0 Å². The van der Waals surface area contributed by atoms with E-state index >= 15 is 0 Å². The van der Waals surface area contributed by atoms with Crippen LogP contribution >= 0.6 is 11.6 Å². The van der Waals surface area contributed by atoms with Crippen molar-refractivity contribution in [1.82, 2.24) is 15.2 Å². The molecule has 1 aromatic carbocycles. The number of amides is 1. The van der Waals surface area contributed by atoms with Crippen LogP contribution in [0.3, 0.4) is 0 Å². The molecule has 5 heteroatoms. The Morgan fingerprint density at radius 2 is 2.18 bits per heavy atom. The molecule has 28 heavy (non-hydrogen) atoms. The summed E-state index contributed by atoms with van der Waals surface area (Å²) in [4.78, 5) is 20.0. The Labute approximate surface area is 172 Å². The van der Waals surface area contributed by atoms with Gasteiger partial charge in [-0.3, -0.25) is 9.78 Å². The quantitative estimate of drug-likeness (QED) is 0.712. The van der Waals surface area contributed by atoms with Gasteiger partial charge in [-0.25, -0.2) is 0 Å². The molecule has 150 valence electrons. The van der Waals surface area contributed by atoms with E-state index in [0.717, 1.165) is 59.9 Å². The number of carbonyl (C=O) groups is 1. The number of nitrogens with zero attached hydrogens (tertiary/aromatic N) is 2. The molecule has 0 radical (unpaired) electrons. The molecule has 1 aromatic heterocycles. The van der Waals surface area contributed by atoms with Crippen LogP contribution < -0.4 is 5.32 Å². The smallest absolute Gasteiger partial charge is 0.251 e. The number of fused-ring (bicyclic) bond motifs is 2. The first-order chi connectivity index (χ1) is 13.7. The number of piperidine rings is 1. The Bertz CT molecular complexity index is 867. The predicted octanol–water partition coefficient (Wildman–Crippen LogP) is 4.76. The number of aryl methyl sites for hydroxylation is 1. The van der Waals surface area contributed by atoms with Gasteiger partial charge in [-0.1, -0.05) is 31.0 Å². The van der Waals surface area contributed by atoms with E-state index < -0.39 is 0 Å². The molecule has 4 nitrogen and oxygen atoms in total. The summed E-state index contributed by atoms with van der Waals surface area (Å²) in [5.74, 6) is -0.0222. The summed E-state index contributed by atoms with van der Waals surface area (Å²) in [7, 11) is 0. The monoisotopic (exact) mass is 399 g/mol. The van der Waals surface area contributed by atoms with Crippen LogP contribution in [0.15, 0.2) is 18.2 Å². The maximum absolute atomic E-state index is 12.6. The molecule has 0 saturated carbocycles. The van der Waals surface area contributed by atoms with Gasteiger partial charge in [0.1, 0.15) is 0 Å². The Morgan fingerprint density at radius 3 is 3.04 bits per heavy atom. The third kappa shape index (κ3) is 4.04. The number of nitrogens with one attached hydrogen (secondary N) is 1. The third-order valence-electron chi connectivity index (χ3n) is 6.33. The molecule has 2 heterocycles. The van der Waals surface area contributed by atoms with Gasteiger partial charge < -0.3 is 10.2 Å². The molecule has 1 atom stereocenters. The van der Waals surface area contributed by atoms with Gasteiger partial charge in [0.25, 0.3) is 5.91 Å². The third-order valence-corrected chi connectivity index (χ3v) is 6.77. The summed E-state index contributed by atoms with van der Waals surface area (Å²) in [5.41, 5.74) is 3.78. The van der Waals surface area contributed by atoms with Crippen LogP contribution in [0.25, 0.3) is 10.9 Å². The van der Waals surface area contributed by atoms with E-state index in [4.69, 9.17) is 16.6 Å². The standard InChI is InChI=1S/C23H30ClN3O/c1-2-17-7-3-4-13-27(17)14-6-12-25-23(28)16-10-11-19-21(15-16)26-20-9-5-8-18(20)22(19)24/h10-11,15,17H,2-9,12-14H2,1H3,(H,25,28)/t17-/m0/s1. The first-order valence-electron chi connectivity index (χ1n) is 10.8. The lowest BCUT2D eigenvalue weighted by Gasteiger charge is -2.35. The molecule has 2 aromatic rings. The predicted molar refractivity (Wildman–Crippen MR) is 115 cm³/mol. The van der Waals surface area contributed by atoms with Crippen LogP contribution in [0.5, 0.6) is 0 Å². The number of likely N-dealkylation sites (tertiary alicyclic amines) is 1. The topological polar surface area (TPSA) is 45.2 Å².